The van der Waals surface area contributed by atoms with E-state index < -0.39 is 0 Å². The van der Waals surface area contributed by atoms with E-state index in [1.165, 1.54) is 24.8 Å². The highest BCUT2D eigenvalue weighted by atomic mass is 16.5. The highest BCUT2D eigenvalue weighted by Crippen LogP contribution is 2.24. The van der Waals surface area contributed by atoms with Crippen molar-refractivity contribution in [1.29, 1.82) is 0 Å². The second kappa shape index (κ2) is 9.33. The highest BCUT2D eigenvalue weighted by molar-refractivity contribution is 5.92. The largest absolute Gasteiger partial charge is 0.455 e. The molecule has 0 unspecified atom stereocenters. The van der Waals surface area contributed by atoms with Crippen LogP contribution in [0, 0.1) is 5.92 Å². The minimum absolute atomic E-state index is 0.0191. The van der Waals surface area contributed by atoms with E-state index in [0.29, 0.717) is 0 Å². The number of hydrogen-bond acceptors (Lipinski definition) is 3. The fourth-order valence-electron chi connectivity index (χ4n) is 2.93. The molecule has 0 bridgehead atoms. The molecular weight excluding hydrogens is 290 g/mol. The standard InChI is InChI=1S/C19H27NO3/c1-2-3-7-15-10-12-17(13-11-15)20-18(21)14-23-19(22)16-8-5-4-6-9-16/h10-13,16H,2-9,14H2,1H3,(H,20,21). The van der Waals surface area contributed by atoms with Crippen LogP contribution in [-0.2, 0) is 20.7 Å². The third-order valence-corrected chi connectivity index (χ3v) is 4.34. The molecule has 1 amide bonds. The predicted octanol–water partition coefficient (Wildman–Crippen LogP) is 4.09. The van der Waals surface area contributed by atoms with Gasteiger partial charge in [-0.25, -0.2) is 0 Å². The van der Waals surface area contributed by atoms with Crippen molar-refractivity contribution >= 4 is 17.6 Å². The Morgan fingerprint density at radius 1 is 1.13 bits per heavy atom. The number of carbonyl (C=O) groups excluding carboxylic acids is 2. The lowest BCUT2D eigenvalue weighted by molar-refractivity contribution is -0.152. The summed E-state index contributed by atoms with van der Waals surface area (Å²) in [4.78, 5) is 23.8. The van der Waals surface area contributed by atoms with E-state index in [4.69, 9.17) is 4.74 Å². The Balaban J connectivity index is 1.72. The van der Waals surface area contributed by atoms with Gasteiger partial charge in [0.1, 0.15) is 0 Å². The number of carbonyl (C=O) groups is 2. The van der Waals surface area contributed by atoms with E-state index in [-0.39, 0.29) is 24.4 Å². The molecule has 1 N–H and O–H groups in total. The van der Waals surface area contributed by atoms with Gasteiger partial charge in [-0.2, -0.15) is 0 Å². The number of hydrogen-bond donors (Lipinski definition) is 1. The quantitative estimate of drug-likeness (QED) is 0.771. The van der Waals surface area contributed by atoms with Crippen LogP contribution in [0.3, 0.4) is 0 Å². The number of aryl methyl sites for hydroxylation is 1. The molecule has 1 aromatic carbocycles. The van der Waals surface area contributed by atoms with Crippen molar-refractivity contribution in [2.75, 3.05) is 11.9 Å². The van der Waals surface area contributed by atoms with E-state index in [9.17, 15) is 9.59 Å². The van der Waals surface area contributed by atoms with E-state index >= 15 is 0 Å². The van der Waals surface area contributed by atoms with E-state index in [1.54, 1.807) is 0 Å². The summed E-state index contributed by atoms with van der Waals surface area (Å²) in [5, 5.41) is 2.77. The lowest BCUT2D eigenvalue weighted by Gasteiger charge is -2.19. The van der Waals surface area contributed by atoms with E-state index in [0.717, 1.165) is 37.8 Å². The molecule has 0 spiro atoms. The van der Waals surface area contributed by atoms with Gasteiger partial charge in [0.25, 0.3) is 5.91 Å². The van der Waals surface area contributed by atoms with Crippen molar-refractivity contribution in [3.8, 4) is 0 Å². The Hall–Kier alpha value is -1.84. The fourth-order valence-corrected chi connectivity index (χ4v) is 2.93. The number of unbranched alkanes of at least 4 members (excludes halogenated alkanes) is 1. The molecule has 1 aliphatic carbocycles. The van der Waals surface area contributed by atoms with Crippen molar-refractivity contribution in [2.45, 2.75) is 58.3 Å². The maximum atomic E-state index is 11.9. The molecule has 0 aliphatic heterocycles. The Bertz CT molecular complexity index is 504. The van der Waals surface area contributed by atoms with Crippen LogP contribution in [0.1, 0.15) is 57.4 Å². The predicted molar refractivity (Wildman–Crippen MR) is 91.2 cm³/mol. The monoisotopic (exact) mass is 317 g/mol. The van der Waals surface area contributed by atoms with Gasteiger partial charge in [0.2, 0.25) is 0 Å². The van der Waals surface area contributed by atoms with Gasteiger partial charge in [0, 0.05) is 5.69 Å². The number of ether oxygens (including phenoxy) is 1. The molecule has 2 rings (SSSR count). The van der Waals surface area contributed by atoms with Gasteiger partial charge in [-0.15, -0.1) is 0 Å². The summed E-state index contributed by atoms with van der Waals surface area (Å²) in [6, 6.07) is 7.84. The first-order chi connectivity index (χ1) is 11.2. The van der Waals surface area contributed by atoms with E-state index in [1.807, 2.05) is 24.3 Å². The molecule has 0 aromatic heterocycles. The van der Waals surface area contributed by atoms with Crippen molar-refractivity contribution in [2.24, 2.45) is 5.92 Å². The molecule has 4 nitrogen and oxygen atoms in total. The Labute approximate surface area is 138 Å². The molecule has 23 heavy (non-hydrogen) atoms. The summed E-state index contributed by atoms with van der Waals surface area (Å²) >= 11 is 0. The zero-order valence-corrected chi connectivity index (χ0v) is 14.0. The first-order valence-electron chi connectivity index (χ1n) is 8.74. The van der Waals surface area contributed by atoms with Crippen molar-refractivity contribution in [3.63, 3.8) is 0 Å². The topological polar surface area (TPSA) is 55.4 Å². The molecule has 1 aromatic rings. The Kier molecular flexibility index (Phi) is 7.11. The summed E-state index contributed by atoms with van der Waals surface area (Å²) in [6.07, 6.45) is 8.53. The van der Waals surface area contributed by atoms with Crippen molar-refractivity contribution in [1.82, 2.24) is 0 Å². The van der Waals surface area contributed by atoms with Crippen molar-refractivity contribution < 1.29 is 14.3 Å². The first-order valence-corrected chi connectivity index (χ1v) is 8.74. The number of benzene rings is 1. The van der Waals surface area contributed by atoms with Crippen LogP contribution >= 0.6 is 0 Å². The van der Waals surface area contributed by atoms with Crippen LogP contribution in [0.2, 0.25) is 0 Å². The molecule has 1 fully saturated rings. The van der Waals surface area contributed by atoms with Crippen LogP contribution in [-0.4, -0.2) is 18.5 Å². The number of esters is 1. The van der Waals surface area contributed by atoms with E-state index in [2.05, 4.69) is 12.2 Å². The molecule has 126 valence electrons. The maximum Gasteiger partial charge on any atom is 0.309 e. The number of anilines is 1. The normalized spacial score (nSPS) is 15.2. The van der Waals surface area contributed by atoms with Gasteiger partial charge in [-0.05, 0) is 43.4 Å². The third-order valence-electron chi connectivity index (χ3n) is 4.34. The third kappa shape index (κ3) is 6.05. The summed E-state index contributed by atoms with van der Waals surface area (Å²) in [5.74, 6) is -0.528. The average molecular weight is 317 g/mol. The molecular formula is C19H27NO3. The molecule has 0 atom stereocenters. The van der Waals surface area contributed by atoms with Gasteiger partial charge in [-0.3, -0.25) is 9.59 Å². The second-order valence-electron chi connectivity index (χ2n) is 6.29. The van der Waals surface area contributed by atoms with Gasteiger partial charge in [0.15, 0.2) is 6.61 Å². The summed E-state index contributed by atoms with van der Waals surface area (Å²) in [5.41, 5.74) is 2.01. The SMILES string of the molecule is CCCCc1ccc(NC(=O)COC(=O)C2CCCCC2)cc1. The smallest absolute Gasteiger partial charge is 0.309 e. The van der Waals surface area contributed by atoms with Gasteiger partial charge in [0.05, 0.1) is 5.92 Å². The Morgan fingerprint density at radius 3 is 2.48 bits per heavy atom. The number of nitrogens with one attached hydrogen (secondary N) is 1. The zero-order valence-electron chi connectivity index (χ0n) is 14.0. The summed E-state index contributed by atoms with van der Waals surface area (Å²) in [6.45, 7) is 1.97. The first kappa shape index (κ1) is 17.5. The average Bonchev–Trinajstić information content (AvgIpc) is 2.60. The second-order valence-corrected chi connectivity index (χ2v) is 6.29. The van der Waals surface area contributed by atoms with Crippen LogP contribution in [0.5, 0.6) is 0 Å². The number of rotatable bonds is 7. The van der Waals surface area contributed by atoms with Crippen LogP contribution < -0.4 is 5.32 Å². The van der Waals surface area contributed by atoms with Crippen LogP contribution in [0.15, 0.2) is 24.3 Å². The minimum Gasteiger partial charge on any atom is -0.455 e. The highest BCUT2D eigenvalue weighted by Gasteiger charge is 2.23. The molecule has 0 saturated heterocycles. The van der Waals surface area contributed by atoms with Crippen LogP contribution in [0.25, 0.3) is 0 Å². The molecule has 1 aliphatic rings. The number of amides is 1. The molecule has 0 radical (unpaired) electrons. The fraction of sp³-hybridized carbons (Fsp3) is 0.579. The minimum atomic E-state index is -0.282. The van der Waals surface area contributed by atoms with Gasteiger partial charge in [-0.1, -0.05) is 44.7 Å². The Morgan fingerprint density at radius 2 is 1.83 bits per heavy atom. The lowest BCUT2D eigenvalue weighted by Crippen LogP contribution is -2.26. The van der Waals surface area contributed by atoms with Crippen molar-refractivity contribution in [3.05, 3.63) is 29.8 Å². The summed E-state index contributed by atoms with van der Waals surface area (Å²) in [7, 11) is 0. The van der Waals surface area contributed by atoms with Crippen LogP contribution in [0.4, 0.5) is 5.69 Å². The lowest BCUT2D eigenvalue weighted by atomic mass is 9.89. The maximum absolute atomic E-state index is 11.9. The molecule has 1 saturated carbocycles. The van der Waals surface area contributed by atoms with Gasteiger partial charge >= 0.3 is 5.97 Å². The molecule has 0 heterocycles. The molecule has 4 heteroatoms. The summed E-state index contributed by atoms with van der Waals surface area (Å²) < 4.78 is 5.14. The zero-order chi connectivity index (χ0) is 16.5. The van der Waals surface area contributed by atoms with Gasteiger partial charge < -0.3 is 10.1 Å².